The SMILES string of the molecule is ClC(Cl)Cl.c1ccc(-c2c3c(nc4ccccc24)SCC3)cc1. The summed E-state index contributed by atoms with van der Waals surface area (Å²) in [6, 6.07) is 19.2. The highest BCUT2D eigenvalue weighted by Gasteiger charge is 2.20. The quantitative estimate of drug-likeness (QED) is 0.443. The van der Waals surface area contributed by atoms with Gasteiger partial charge in [0.2, 0.25) is 0 Å². The van der Waals surface area contributed by atoms with E-state index in [-0.39, 0.29) is 0 Å². The number of alkyl halides is 3. The van der Waals surface area contributed by atoms with E-state index < -0.39 is 4.30 Å². The minimum Gasteiger partial charge on any atom is -0.241 e. The summed E-state index contributed by atoms with van der Waals surface area (Å²) in [6.45, 7) is 0. The van der Waals surface area contributed by atoms with Crippen molar-refractivity contribution in [2.24, 2.45) is 0 Å². The minimum absolute atomic E-state index is 0.750. The Labute approximate surface area is 155 Å². The Morgan fingerprint density at radius 2 is 1.57 bits per heavy atom. The predicted molar refractivity (Wildman–Crippen MR) is 103 cm³/mol. The molecule has 5 heteroatoms. The Hall–Kier alpha value is -0.930. The number of nitrogens with zero attached hydrogens (tertiary/aromatic N) is 1. The summed E-state index contributed by atoms with van der Waals surface area (Å²) in [5.41, 5.74) is 5.22. The summed E-state index contributed by atoms with van der Waals surface area (Å²) in [6.07, 6.45) is 1.13. The van der Waals surface area contributed by atoms with Crippen LogP contribution in [0.25, 0.3) is 22.0 Å². The lowest BCUT2D eigenvalue weighted by Crippen LogP contribution is -1.93. The fraction of sp³-hybridized carbons (Fsp3) is 0.167. The number of thioether (sulfide) groups is 1. The monoisotopic (exact) mass is 381 g/mol. The van der Waals surface area contributed by atoms with Gasteiger partial charge in [-0.3, -0.25) is 0 Å². The van der Waals surface area contributed by atoms with Crippen LogP contribution >= 0.6 is 46.6 Å². The van der Waals surface area contributed by atoms with Crippen LogP contribution in [0.15, 0.2) is 59.6 Å². The van der Waals surface area contributed by atoms with Gasteiger partial charge in [-0.15, -0.1) is 11.8 Å². The number of fused-ring (bicyclic) bond motifs is 2. The van der Waals surface area contributed by atoms with E-state index in [1.165, 1.54) is 27.1 Å². The number of hydrogen-bond donors (Lipinski definition) is 0. The highest BCUT2D eigenvalue weighted by molar-refractivity contribution is 7.99. The second-order valence-corrected chi connectivity index (χ2v) is 8.06. The molecule has 0 spiro atoms. The first kappa shape index (κ1) is 16.9. The molecule has 2 heterocycles. The normalized spacial score (nSPS) is 12.9. The third-order valence-corrected chi connectivity index (χ3v) is 4.63. The van der Waals surface area contributed by atoms with E-state index >= 15 is 0 Å². The molecule has 0 amide bonds. The molecule has 0 unspecified atom stereocenters. The predicted octanol–water partition coefficient (Wildman–Crippen LogP) is 6.54. The molecule has 2 aromatic carbocycles. The molecule has 3 aromatic rings. The zero-order chi connectivity index (χ0) is 16.2. The van der Waals surface area contributed by atoms with E-state index in [0.29, 0.717) is 0 Å². The van der Waals surface area contributed by atoms with Crippen molar-refractivity contribution in [1.29, 1.82) is 0 Å². The van der Waals surface area contributed by atoms with Crippen molar-refractivity contribution in [1.82, 2.24) is 4.98 Å². The molecular weight excluding hydrogens is 369 g/mol. The topological polar surface area (TPSA) is 12.9 Å². The minimum atomic E-state index is -0.750. The Bertz CT molecular complexity index is 803. The summed E-state index contributed by atoms with van der Waals surface area (Å²) in [5.74, 6) is 1.15. The van der Waals surface area contributed by atoms with Crippen LogP contribution in [-0.4, -0.2) is 15.0 Å². The van der Waals surface area contributed by atoms with E-state index in [0.717, 1.165) is 17.7 Å². The molecule has 0 aliphatic carbocycles. The van der Waals surface area contributed by atoms with Gasteiger partial charge >= 0.3 is 0 Å². The third kappa shape index (κ3) is 3.95. The number of aromatic nitrogens is 1. The van der Waals surface area contributed by atoms with E-state index in [1.807, 2.05) is 11.8 Å². The first-order valence-electron chi connectivity index (χ1n) is 7.19. The average molecular weight is 383 g/mol. The van der Waals surface area contributed by atoms with Gasteiger partial charge in [-0.25, -0.2) is 4.98 Å². The number of rotatable bonds is 1. The van der Waals surface area contributed by atoms with Crippen LogP contribution in [0.3, 0.4) is 0 Å². The zero-order valence-electron chi connectivity index (χ0n) is 12.2. The van der Waals surface area contributed by atoms with Gasteiger partial charge in [0.15, 0.2) is 4.30 Å². The van der Waals surface area contributed by atoms with Crippen molar-refractivity contribution in [3.63, 3.8) is 0 Å². The molecule has 0 saturated carbocycles. The van der Waals surface area contributed by atoms with Gasteiger partial charge in [-0.05, 0) is 29.2 Å². The summed E-state index contributed by atoms with van der Waals surface area (Å²) in [4.78, 5) is 4.80. The van der Waals surface area contributed by atoms with Crippen LogP contribution in [0, 0.1) is 0 Å². The summed E-state index contributed by atoms with van der Waals surface area (Å²) in [5, 5.41) is 2.49. The maximum absolute atomic E-state index is 4.81. The van der Waals surface area contributed by atoms with Crippen molar-refractivity contribution in [3.8, 4) is 11.1 Å². The fourth-order valence-electron chi connectivity index (χ4n) is 2.76. The van der Waals surface area contributed by atoms with Gasteiger partial charge in [0.05, 0.1) is 5.52 Å². The largest absolute Gasteiger partial charge is 0.241 e. The molecule has 1 aliphatic rings. The van der Waals surface area contributed by atoms with Crippen LogP contribution < -0.4 is 0 Å². The number of hydrogen-bond acceptors (Lipinski definition) is 2. The van der Waals surface area contributed by atoms with Crippen molar-refractivity contribution >= 4 is 57.5 Å². The van der Waals surface area contributed by atoms with E-state index in [2.05, 4.69) is 54.6 Å². The first-order valence-corrected chi connectivity index (χ1v) is 9.48. The highest BCUT2D eigenvalue weighted by atomic mass is 35.6. The molecule has 4 rings (SSSR count). The van der Waals surface area contributed by atoms with Crippen LogP contribution in [-0.2, 0) is 6.42 Å². The number of para-hydroxylation sites is 1. The maximum Gasteiger partial charge on any atom is 0.180 e. The van der Waals surface area contributed by atoms with Crippen molar-refractivity contribution < 1.29 is 0 Å². The van der Waals surface area contributed by atoms with Crippen LogP contribution in [0.1, 0.15) is 5.56 Å². The Kier molecular flexibility index (Phi) is 5.71. The molecular formula is C18H14Cl3NS. The Morgan fingerprint density at radius 1 is 0.913 bits per heavy atom. The van der Waals surface area contributed by atoms with Gasteiger partial charge in [0.1, 0.15) is 5.03 Å². The number of halogens is 3. The Morgan fingerprint density at radius 3 is 2.30 bits per heavy atom. The molecule has 0 bridgehead atoms. The van der Waals surface area contributed by atoms with E-state index in [1.54, 1.807) is 0 Å². The molecule has 0 atom stereocenters. The van der Waals surface area contributed by atoms with Gasteiger partial charge < -0.3 is 0 Å². The lowest BCUT2D eigenvalue weighted by molar-refractivity contribution is 1.08. The summed E-state index contributed by atoms with van der Waals surface area (Å²) < 4.78 is -0.750. The molecule has 0 N–H and O–H groups in total. The summed E-state index contributed by atoms with van der Waals surface area (Å²) in [7, 11) is 0. The van der Waals surface area contributed by atoms with E-state index in [9.17, 15) is 0 Å². The molecule has 23 heavy (non-hydrogen) atoms. The smallest absolute Gasteiger partial charge is 0.180 e. The zero-order valence-corrected chi connectivity index (χ0v) is 15.3. The molecule has 1 nitrogen and oxygen atoms in total. The van der Waals surface area contributed by atoms with Crippen LogP contribution in [0.4, 0.5) is 0 Å². The van der Waals surface area contributed by atoms with Crippen molar-refractivity contribution in [2.45, 2.75) is 15.7 Å². The van der Waals surface area contributed by atoms with Gasteiger partial charge in [0, 0.05) is 11.1 Å². The highest BCUT2D eigenvalue weighted by Crippen LogP contribution is 2.40. The molecule has 118 valence electrons. The number of benzene rings is 2. The molecule has 1 aliphatic heterocycles. The van der Waals surface area contributed by atoms with Crippen molar-refractivity contribution in [2.75, 3.05) is 5.75 Å². The van der Waals surface area contributed by atoms with Crippen LogP contribution in [0.2, 0.25) is 0 Å². The standard InChI is InChI=1S/C17H13NS.CHCl3/c1-2-6-12(7-3-1)16-13-8-4-5-9-15(13)18-17-14(16)10-11-19-17;2-1(3)4/h1-9H,10-11H2;1H. The third-order valence-electron chi connectivity index (χ3n) is 3.61. The molecule has 0 fully saturated rings. The maximum atomic E-state index is 4.81. The van der Waals surface area contributed by atoms with Gasteiger partial charge in [-0.2, -0.15) is 0 Å². The Balaban J connectivity index is 0.000000354. The van der Waals surface area contributed by atoms with E-state index in [4.69, 9.17) is 39.8 Å². The molecule has 0 radical (unpaired) electrons. The lowest BCUT2D eigenvalue weighted by atomic mass is 9.95. The first-order chi connectivity index (χ1) is 11.2. The fourth-order valence-corrected chi connectivity index (χ4v) is 3.81. The van der Waals surface area contributed by atoms with Gasteiger partial charge in [-0.1, -0.05) is 83.3 Å². The second-order valence-electron chi connectivity index (χ2n) is 5.00. The lowest BCUT2D eigenvalue weighted by Gasteiger charge is -2.12. The van der Waals surface area contributed by atoms with Crippen LogP contribution in [0.5, 0.6) is 0 Å². The average Bonchev–Trinajstić information content (AvgIpc) is 3.00. The second kappa shape index (κ2) is 7.76. The van der Waals surface area contributed by atoms with Crippen molar-refractivity contribution in [3.05, 3.63) is 60.2 Å². The molecule has 0 saturated heterocycles. The van der Waals surface area contributed by atoms with Gasteiger partial charge in [0.25, 0.3) is 0 Å². The number of pyridine rings is 1. The summed E-state index contributed by atoms with van der Waals surface area (Å²) >= 11 is 16.3. The molecule has 1 aromatic heterocycles.